The molecule has 0 saturated heterocycles. The maximum Gasteiger partial charge on any atom is 0.128 e. The van der Waals surface area contributed by atoms with Gasteiger partial charge in [0, 0.05) is 35.3 Å². The molecule has 1 aromatic carbocycles. The second-order valence-electron chi connectivity index (χ2n) is 4.86. The van der Waals surface area contributed by atoms with Crippen LogP contribution >= 0.6 is 11.6 Å². The fourth-order valence-corrected chi connectivity index (χ4v) is 2.09. The van der Waals surface area contributed by atoms with Crippen LogP contribution in [-0.2, 0) is 6.42 Å². The summed E-state index contributed by atoms with van der Waals surface area (Å²) < 4.78 is 15.5. The monoisotopic (exact) mass is 281 g/mol. The van der Waals surface area contributed by atoms with E-state index < -0.39 is 6.04 Å². The Morgan fingerprint density at radius 1 is 1.37 bits per heavy atom. The van der Waals surface area contributed by atoms with Gasteiger partial charge in [0.25, 0.3) is 0 Å². The van der Waals surface area contributed by atoms with Gasteiger partial charge in [0.1, 0.15) is 5.82 Å². The summed E-state index contributed by atoms with van der Waals surface area (Å²) in [6.07, 6.45) is 2.39. The predicted molar refractivity (Wildman–Crippen MR) is 74.7 cm³/mol. The molecule has 0 aliphatic rings. The average molecular weight is 282 g/mol. The van der Waals surface area contributed by atoms with Crippen molar-refractivity contribution in [2.45, 2.75) is 32.4 Å². The summed E-state index contributed by atoms with van der Waals surface area (Å²) in [5.74, 6) is -0.333. The second-order valence-corrected chi connectivity index (χ2v) is 5.29. The van der Waals surface area contributed by atoms with E-state index >= 15 is 0 Å². The molecule has 0 spiro atoms. The third kappa shape index (κ3) is 3.33. The number of halogens is 2. The Morgan fingerprint density at radius 2 is 2.11 bits per heavy atom. The van der Waals surface area contributed by atoms with E-state index in [4.69, 9.17) is 17.3 Å². The molecule has 19 heavy (non-hydrogen) atoms. The highest BCUT2D eigenvalue weighted by Gasteiger charge is 2.14. The van der Waals surface area contributed by atoms with Crippen molar-refractivity contribution in [2.75, 3.05) is 0 Å². The van der Waals surface area contributed by atoms with Crippen LogP contribution in [0.3, 0.4) is 0 Å². The van der Waals surface area contributed by atoms with Crippen molar-refractivity contribution in [3.05, 3.63) is 52.6 Å². The smallest absolute Gasteiger partial charge is 0.128 e. The van der Waals surface area contributed by atoms with E-state index in [0.717, 1.165) is 5.69 Å². The molecule has 0 saturated carbocycles. The highest BCUT2D eigenvalue weighted by Crippen LogP contribution is 2.22. The van der Waals surface area contributed by atoms with Crippen molar-refractivity contribution in [1.82, 2.24) is 9.78 Å². The molecule has 1 aromatic heterocycles. The van der Waals surface area contributed by atoms with Crippen molar-refractivity contribution >= 4 is 11.6 Å². The van der Waals surface area contributed by atoms with Gasteiger partial charge in [-0.25, -0.2) is 4.39 Å². The highest BCUT2D eigenvalue weighted by atomic mass is 35.5. The fraction of sp³-hybridized carbons (Fsp3) is 0.357. The van der Waals surface area contributed by atoms with Crippen molar-refractivity contribution in [1.29, 1.82) is 0 Å². The molecule has 102 valence electrons. The topological polar surface area (TPSA) is 43.8 Å². The summed E-state index contributed by atoms with van der Waals surface area (Å²) in [7, 11) is 0. The molecule has 1 atom stereocenters. The average Bonchev–Trinajstić information content (AvgIpc) is 2.80. The minimum atomic E-state index is -0.450. The molecule has 0 fully saturated rings. The maximum absolute atomic E-state index is 13.7. The Labute approximate surface area is 117 Å². The number of benzene rings is 1. The normalized spacial score (nSPS) is 12.9. The molecule has 0 aliphatic carbocycles. The second kappa shape index (κ2) is 5.72. The SMILES string of the molecule is CC(C)n1ccc(CC(N)c2cc(Cl)ccc2F)n1. The molecule has 0 aliphatic heterocycles. The summed E-state index contributed by atoms with van der Waals surface area (Å²) in [6.45, 7) is 4.10. The van der Waals surface area contributed by atoms with Crippen LogP contribution < -0.4 is 5.73 Å². The van der Waals surface area contributed by atoms with Crippen molar-refractivity contribution in [3.8, 4) is 0 Å². The minimum Gasteiger partial charge on any atom is -0.324 e. The van der Waals surface area contributed by atoms with Gasteiger partial charge in [-0.15, -0.1) is 0 Å². The van der Waals surface area contributed by atoms with Crippen LogP contribution in [0.4, 0.5) is 4.39 Å². The number of hydrogen-bond acceptors (Lipinski definition) is 2. The molecule has 1 heterocycles. The van der Waals surface area contributed by atoms with Crippen LogP contribution in [-0.4, -0.2) is 9.78 Å². The van der Waals surface area contributed by atoms with Gasteiger partial charge in [-0.2, -0.15) is 5.10 Å². The van der Waals surface area contributed by atoms with Gasteiger partial charge in [0.15, 0.2) is 0 Å². The van der Waals surface area contributed by atoms with E-state index in [1.54, 1.807) is 6.07 Å². The lowest BCUT2D eigenvalue weighted by molar-refractivity contribution is 0.520. The number of aromatic nitrogens is 2. The van der Waals surface area contributed by atoms with Crippen LogP contribution in [0, 0.1) is 5.82 Å². The molecule has 1 unspecified atom stereocenters. The van der Waals surface area contributed by atoms with Gasteiger partial charge >= 0.3 is 0 Å². The Kier molecular flexibility index (Phi) is 4.22. The molecule has 0 radical (unpaired) electrons. The predicted octanol–water partition coefficient (Wildman–Crippen LogP) is 3.50. The van der Waals surface area contributed by atoms with Gasteiger partial charge in [0.05, 0.1) is 5.69 Å². The number of nitrogens with zero attached hydrogens (tertiary/aromatic N) is 2. The van der Waals surface area contributed by atoms with Crippen molar-refractivity contribution in [2.24, 2.45) is 5.73 Å². The molecular weight excluding hydrogens is 265 g/mol. The van der Waals surface area contributed by atoms with E-state index in [1.807, 2.05) is 30.8 Å². The summed E-state index contributed by atoms with van der Waals surface area (Å²) >= 11 is 5.87. The molecular formula is C14H17ClFN3. The van der Waals surface area contributed by atoms with Gasteiger partial charge in [-0.3, -0.25) is 4.68 Å². The van der Waals surface area contributed by atoms with Crippen molar-refractivity contribution < 1.29 is 4.39 Å². The summed E-state index contributed by atoms with van der Waals surface area (Å²) in [5.41, 5.74) is 7.30. The number of rotatable bonds is 4. The fourth-order valence-electron chi connectivity index (χ4n) is 1.91. The zero-order chi connectivity index (χ0) is 14.0. The number of hydrogen-bond donors (Lipinski definition) is 1. The van der Waals surface area contributed by atoms with Gasteiger partial charge in [-0.1, -0.05) is 11.6 Å². The van der Waals surface area contributed by atoms with E-state index in [-0.39, 0.29) is 5.82 Å². The Bertz CT molecular complexity index is 566. The number of nitrogens with two attached hydrogens (primary N) is 1. The minimum absolute atomic E-state index is 0.299. The molecule has 0 bridgehead atoms. The molecule has 5 heteroatoms. The van der Waals surface area contributed by atoms with Crippen LogP contribution in [0.15, 0.2) is 30.5 Å². The van der Waals surface area contributed by atoms with Gasteiger partial charge in [-0.05, 0) is 38.1 Å². The first-order chi connectivity index (χ1) is 8.97. The summed E-state index contributed by atoms with van der Waals surface area (Å²) in [6, 6.07) is 6.18. The van der Waals surface area contributed by atoms with Gasteiger partial charge in [0.2, 0.25) is 0 Å². The Balaban J connectivity index is 2.15. The maximum atomic E-state index is 13.7. The van der Waals surface area contributed by atoms with E-state index in [9.17, 15) is 4.39 Å². The quantitative estimate of drug-likeness (QED) is 0.932. The molecule has 3 nitrogen and oxygen atoms in total. The Hall–Kier alpha value is -1.39. The molecule has 2 rings (SSSR count). The lowest BCUT2D eigenvalue weighted by atomic mass is 10.0. The first-order valence-corrected chi connectivity index (χ1v) is 6.59. The van der Waals surface area contributed by atoms with E-state index in [2.05, 4.69) is 5.10 Å². The van der Waals surface area contributed by atoms with E-state index in [0.29, 0.717) is 23.0 Å². The largest absolute Gasteiger partial charge is 0.324 e. The van der Waals surface area contributed by atoms with Crippen molar-refractivity contribution in [3.63, 3.8) is 0 Å². The van der Waals surface area contributed by atoms with E-state index in [1.165, 1.54) is 12.1 Å². The van der Waals surface area contributed by atoms with Gasteiger partial charge < -0.3 is 5.73 Å². The third-order valence-electron chi connectivity index (χ3n) is 2.98. The molecule has 2 N–H and O–H groups in total. The standard InChI is InChI=1S/C14H17ClFN3/c1-9(2)19-6-5-11(18-19)8-14(17)12-7-10(15)3-4-13(12)16/h3-7,9,14H,8,17H2,1-2H3. The zero-order valence-corrected chi connectivity index (χ0v) is 11.7. The van der Waals surface area contributed by atoms with Crippen LogP contribution in [0.1, 0.15) is 37.2 Å². The zero-order valence-electron chi connectivity index (χ0n) is 11.0. The molecule has 2 aromatic rings. The highest BCUT2D eigenvalue weighted by molar-refractivity contribution is 6.30. The van der Waals surface area contributed by atoms with Crippen LogP contribution in [0.25, 0.3) is 0 Å². The van der Waals surface area contributed by atoms with Crippen LogP contribution in [0.2, 0.25) is 5.02 Å². The Morgan fingerprint density at radius 3 is 2.74 bits per heavy atom. The summed E-state index contributed by atoms with van der Waals surface area (Å²) in [4.78, 5) is 0. The first kappa shape index (κ1) is 14.0. The van der Waals surface area contributed by atoms with Crippen LogP contribution in [0.5, 0.6) is 0 Å². The lowest BCUT2D eigenvalue weighted by Crippen LogP contribution is -2.15. The molecule has 0 amide bonds. The lowest BCUT2D eigenvalue weighted by Gasteiger charge is -2.12. The third-order valence-corrected chi connectivity index (χ3v) is 3.21. The first-order valence-electron chi connectivity index (χ1n) is 6.22. The summed E-state index contributed by atoms with van der Waals surface area (Å²) in [5, 5.41) is 4.89.